The molecule has 0 heterocycles. The predicted molar refractivity (Wildman–Crippen MR) is 44.8 cm³/mol. The molecule has 0 amide bonds. The van der Waals surface area contributed by atoms with E-state index in [4.69, 9.17) is 11.1 Å². The highest BCUT2D eigenvalue weighted by atomic mass is 16.2. The number of rotatable bonds is 5. The van der Waals surface area contributed by atoms with E-state index in [1.807, 2.05) is 0 Å². The molecular weight excluding hydrogens is 158 g/mol. The van der Waals surface area contributed by atoms with Crippen molar-refractivity contribution in [2.45, 2.75) is 19.8 Å². The summed E-state index contributed by atoms with van der Waals surface area (Å²) in [6, 6.07) is 0. The summed E-state index contributed by atoms with van der Waals surface area (Å²) in [5.74, 6) is -0.913. The number of hydrogen-bond donors (Lipinski definition) is 3. The molecule has 0 aliphatic heterocycles. The standard InChI is InChI=1S/C7H13N3O2/c1-5(11)6(12)3-2-4-10-7(8)9/h2-4H2,1H3,(H4,8,9,10). The van der Waals surface area contributed by atoms with Gasteiger partial charge < -0.3 is 11.1 Å². The van der Waals surface area contributed by atoms with E-state index >= 15 is 0 Å². The van der Waals surface area contributed by atoms with Crippen LogP contribution in [0, 0.1) is 5.41 Å². The topological polar surface area (TPSA) is 96.0 Å². The van der Waals surface area contributed by atoms with E-state index in [2.05, 4.69) is 5.32 Å². The molecule has 0 aromatic rings. The van der Waals surface area contributed by atoms with Crippen molar-refractivity contribution in [3.63, 3.8) is 0 Å². The van der Waals surface area contributed by atoms with Gasteiger partial charge in [-0.3, -0.25) is 15.0 Å². The van der Waals surface area contributed by atoms with Crippen LogP contribution in [0.3, 0.4) is 0 Å². The second-order valence-electron chi connectivity index (χ2n) is 2.42. The highest BCUT2D eigenvalue weighted by Gasteiger charge is 2.05. The minimum absolute atomic E-state index is 0.120. The molecule has 0 saturated heterocycles. The first-order valence-electron chi connectivity index (χ1n) is 3.65. The number of hydrogen-bond acceptors (Lipinski definition) is 3. The van der Waals surface area contributed by atoms with Crippen LogP contribution in [0.1, 0.15) is 19.8 Å². The van der Waals surface area contributed by atoms with Gasteiger partial charge in [-0.15, -0.1) is 0 Å². The van der Waals surface area contributed by atoms with E-state index in [1.54, 1.807) is 0 Å². The second-order valence-corrected chi connectivity index (χ2v) is 2.42. The van der Waals surface area contributed by atoms with E-state index in [-0.39, 0.29) is 18.2 Å². The Hall–Kier alpha value is -1.39. The molecular formula is C7H13N3O2. The summed E-state index contributed by atoms with van der Waals surface area (Å²) in [7, 11) is 0. The largest absolute Gasteiger partial charge is 0.370 e. The van der Waals surface area contributed by atoms with Crippen LogP contribution in [0.5, 0.6) is 0 Å². The molecule has 0 rings (SSSR count). The maximum atomic E-state index is 10.7. The number of carbonyl (C=O) groups is 2. The molecule has 0 aliphatic rings. The zero-order chi connectivity index (χ0) is 9.56. The fourth-order valence-corrected chi connectivity index (χ4v) is 0.648. The van der Waals surface area contributed by atoms with Crippen LogP contribution in [0.15, 0.2) is 0 Å². The predicted octanol–water partition coefficient (Wildman–Crippen LogP) is -0.592. The van der Waals surface area contributed by atoms with Crippen molar-refractivity contribution in [2.75, 3.05) is 6.54 Å². The minimum atomic E-state index is -0.419. The number of guanidine groups is 1. The first kappa shape index (κ1) is 10.6. The molecule has 0 unspecified atom stereocenters. The van der Waals surface area contributed by atoms with Crippen molar-refractivity contribution in [1.82, 2.24) is 5.32 Å². The maximum absolute atomic E-state index is 10.7. The van der Waals surface area contributed by atoms with E-state index in [9.17, 15) is 9.59 Å². The van der Waals surface area contributed by atoms with Crippen molar-refractivity contribution < 1.29 is 9.59 Å². The molecule has 0 radical (unpaired) electrons. The van der Waals surface area contributed by atoms with Crippen LogP contribution in [0.2, 0.25) is 0 Å². The van der Waals surface area contributed by atoms with Crippen LogP contribution in [0.25, 0.3) is 0 Å². The van der Waals surface area contributed by atoms with Gasteiger partial charge in [0.25, 0.3) is 0 Å². The van der Waals surface area contributed by atoms with Crippen molar-refractivity contribution in [1.29, 1.82) is 5.41 Å². The van der Waals surface area contributed by atoms with Crippen molar-refractivity contribution in [3.05, 3.63) is 0 Å². The van der Waals surface area contributed by atoms with Crippen molar-refractivity contribution in [3.8, 4) is 0 Å². The highest BCUT2D eigenvalue weighted by molar-refractivity contribution is 6.36. The Morgan fingerprint density at radius 2 is 2.08 bits per heavy atom. The third kappa shape index (κ3) is 5.40. The molecule has 0 bridgehead atoms. The molecule has 0 atom stereocenters. The molecule has 0 spiro atoms. The smallest absolute Gasteiger partial charge is 0.198 e. The molecule has 0 saturated carbocycles. The number of nitrogens with two attached hydrogens (primary N) is 1. The number of ketones is 2. The van der Waals surface area contributed by atoms with E-state index in [1.165, 1.54) is 6.92 Å². The maximum Gasteiger partial charge on any atom is 0.198 e. The summed E-state index contributed by atoms with van der Waals surface area (Å²) in [5.41, 5.74) is 4.99. The van der Waals surface area contributed by atoms with Crippen molar-refractivity contribution >= 4 is 17.5 Å². The lowest BCUT2D eigenvalue weighted by Gasteiger charge is -2.00. The van der Waals surface area contributed by atoms with E-state index in [0.717, 1.165) is 0 Å². The summed E-state index contributed by atoms with van der Waals surface area (Å²) in [5, 5.41) is 9.32. The van der Waals surface area contributed by atoms with Gasteiger partial charge in [0.2, 0.25) is 0 Å². The van der Waals surface area contributed by atoms with Crippen LogP contribution >= 0.6 is 0 Å². The third-order valence-electron chi connectivity index (χ3n) is 1.29. The number of carbonyl (C=O) groups excluding carboxylic acids is 2. The average Bonchev–Trinajstić information content (AvgIpc) is 1.97. The fourth-order valence-electron chi connectivity index (χ4n) is 0.648. The first-order chi connectivity index (χ1) is 5.54. The lowest BCUT2D eigenvalue weighted by Crippen LogP contribution is -2.31. The number of Topliss-reactive ketones (excluding diaryl/α,β-unsaturated/α-hetero) is 2. The fraction of sp³-hybridized carbons (Fsp3) is 0.571. The van der Waals surface area contributed by atoms with Crippen LogP contribution in [-0.4, -0.2) is 24.1 Å². The summed E-state index contributed by atoms with van der Waals surface area (Å²) >= 11 is 0. The molecule has 68 valence electrons. The lowest BCUT2D eigenvalue weighted by atomic mass is 10.2. The molecule has 0 aromatic heterocycles. The van der Waals surface area contributed by atoms with Crippen LogP contribution < -0.4 is 11.1 Å². The van der Waals surface area contributed by atoms with Gasteiger partial charge in [0.1, 0.15) is 0 Å². The molecule has 4 N–H and O–H groups in total. The molecule has 5 nitrogen and oxygen atoms in total. The Bertz CT molecular complexity index is 201. The van der Waals surface area contributed by atoms with Gasteiger partial charge in [0.05, 0.1) is 0 Å². The number of nitrogens with one attached hydrogen (secondary N) is 2. The zero-order valence-corrected chi connectivity index (χ0v) is 7.02. The molecule has 0 aromatic carbocycles. The van der Waals surface area contributed by atoms with E-state index < -0.39 is 5.78 Å². The normalized spacial score (nSPS) is 9.08. The summed E-state index contributed by atoms with van der Waals surface area (Å²) in [6.07, 6.45) is 0.744. The van der Waals surface area contributed by atoms with Crippen LogP contribution in [-0.2, 0) is 9.59 Å². The summed E-state index contributed by atoms with van der Waals surface area (Å²) < 4.78 is 0. The third-order valence-corrected chi connectivity index (χ3v) is 1.29. The molecule has 5 heteroatoms. The highest BCUT2D eigenvalue weighted by Crippen LogP contribution is 1.89. The Kier molecular flexibility index (Phi) is 4.67. The second kappa shape index (κ2) is 5.29. The average molecular weight is 171 g/mol. The Morgan fingerprint density at radius 1 is 1.50 bits per heavy atom. The first-order valence-corrected chi connectivity index (χ1v) is 3.65. The summed E-state index contributed by atoms with van der Waals surface area (Å²) in [6.45, 7) is 1.70. The monoisotopic (exact) mass is 171 g/mol. The molecule has 0 aliphatic carbocycles. The van der Waals surface area contributed by atoms with Crippen molar-refractivity contribution in [2.24, 2.45) is 5.73 Å². The SMILES string of the molecule is CC(=O)C(=O)CCCNC(=N)N. The Balaban J connectivity index is 3.38. The van der Waals surface area contributed by atoms with Gasteiger partial charge in [0, 0.05) is 19.9 Å². The molecule has 12 heavy (non-hydrogen) atoms. The van der Waals surface area contributed by atoms with Gasteiger partial charge >= 0.3 is 0 Å². The van der Waals surface area contributed by atoms with E-state index in [0.29, 0.717) is 13.0 Å². The zero-order valence-electron chi connectivity index (χ0n) is 7.02. The van der Waals surface area contributed by atoms with Gasteiger partial charge in [-0.2, -0.15) is 0 Å². The van der Waals surface area contributed by atoms with Gasteiger partial charge in [-0.05, 0) is 6.42 Å². The summed E-state index contributed by atoms with van der Waals surface area (Å²) in [4.78, 5) is 21.2. The Morgan fingerprint density at radius 3 is 2.50 bits per heavy atom. The Labute approximate surface area is 70.8 Å². The molecule has 0 fully saturated rings. The van der Waals surface area contributed by atoms with Crippen LogP contribution in [0.4, 0.5) is 0 Å². The van der Waals surface area contributed by atoms with Gasteiger partial charge in [0.15, 0.2) is 17.5 Å². The lowest BCUT2D eigenvalue weighted by molar-refractivity contribution is -0.135. The van der Waals surface area contributed by atoms with Gasteiger partial charge in [-0.25, -0.2) is 0 Å². The minimum Gasteiger partial charge on any atom is -0.370 e. The quantitative estimate of drug-likeness (QED) is 0.223. The van der Waals surface area contributed by atoms with Gasteiger partial charge in [-0.1, -0.05) is 0 Å².